The lowest BCUT2D eigenvalue weighted by Gasteiger charge is -2.10. The standard InChI is InChI=1S/C12H8ClFN4O3/c1-17-11(19)6-16-18(12(17)20)9-5-10(21-3-2-15)7(13)4-8(9)14/h4-6H,3H2,1H3. The van der Waals surface area contributed by atoms with E-state index in [0.717, 1.165) is 22.9 Å². The van der Waals surface area contributed by atoms with Gasteiger partial charge in [-0.15, -0.1) is 0 Å². The van der Waals surface area contributed by atoms with Gasteiger partial charge in [0.2, 0.25) is 0 Å². The highest BCUT2D eigenvalue weighted by Gasteiger charge is 2.14. The summed E-state index contributed by atoms with van der Waals surface area (Å²) in [5.41, 5.74) is -1.69. The van der Waals surface area contributed by atoms with Crippen molar-refractivity contribution in [3.05, 3.63) is 50.0 Å². The van der Waals surface area contributed by atoms with Gasteiger partial charge in [0, 0.05) is 13.1 Å². The maximum absolute atomic E-state index is 14.0. The molecule has 0 radical (unpaired) electrons. The van der Waals surface area contributed by atoms with Gasteiger partial charge >= 0.3 is 5.69 Å². The Hall–Kier alpha value is -2.66. The molecule has 1 aromatic heterocycles. The number of hydrogen-bond donors (Lipinski definition) is 0. The van der Waals surface area contributed by atoms with Crippen LogP contribution in [0.4, 0.5) is 4.39 Å². The average molecular weight is 311 g/mol. The molecule has 108 valence electrons. The van der Waals surface area contributed by atoms with Gasteiger partial charge in [-0.2, -0.15) is 15.0 Å². The summed E-state index contributed by atoms with van der Waals surface area (Å²) in [6.45, 7) is -0.291. The molecule has 7 nitrogen and oxygen atoms in total. The fourth-order valence-electron chi connectivity index (χ4n) is 1.55. The Balaban J connectivity index is 2.65. The van der Waals surface area contributed by atoms with E-state index in [0.29, 0.717) is 4.68 Å². The molecule has 1 aromatic carbocycles. The lowest BCUT2D eigenvalue weighted by molar-refractivity contribution is 0.367. The van der Waals surface area contributed by atoms with Crippen molar-refractivity contribution in [3.63, 3.8) is 0 Å². The first-order valence-electron chi connectivity index (χ1n) is 5.60. The van der Waals surface area contributed by atoms with Crippen LogP contribution < -0.4 is 16.0 Å². The third kappa shape index (κ3) is 2.78. The quantitative estimate of drug-likeness (QED) is 0.829. The molecule has 0 spiro atoms. The highest BCUT2D eigenvalue weighted by molar-refractivity contribution is 6.32. The van der Waals surface area contributed by atoms with E-state index in [1.54, 1.807) is 6.07 Å². The van der Waals surface area contributed by atoms with Gasteiger partial charge in [0.1, 0.15) is 23.7 Å². The molecule has 2 rings (SSSR count). The van der Waals surface area contributed by atoms with Gasteiger partial charge in [0.25, 0.3) is 5.56 Å². The van der Waals surface area contributed by atoms with Crippen molar-refractivity contribution in [1.29, 1.82) is 5.26 Å². The van der Waals surface area contributed by atoms with Crippen LogP contribution in [-0.2, 0) is 7.05 Å². The molecule has 2 aromatic rings. The Bertz CT molecular complexity index is 853. The summed E-state index contributed by atoms with van der Waals surface area (Å²) in [5.74, 6) is -0.797. The number of nitrogens with zero attached hydrogens (tertiary/aromatic N) is 4. The van der Waals surface area contributed by atoms with E-state index in [9.17, 15) is 14.0 Å². The molecular formula is C12H8ClFN4O3. The van der Waals surface area contributed by atoms with Crippen LogP contribution in [0, 0.1) is 17.1 Å². The zero-order chi connectivity index (χ0) is 15.6. The predicted molar refractivity (Wildman–Crippen MR) is 71.2 cm³/mol. The Labute approximate surface area is 122 Å². The molecule has 0 amide bonds. The Kier molecular flexibility index (Phi) is 4.05. The van der Waals surface area contributed by atoms with Crippen LogP contribution in [-0.4, -0.2) is 21.0 Å². The van der Waals surface area contributed by atoms with Crippen LogP contribution in [0.25, 0.3) is 5.69 Å². The van der Waals surface area contributed by atoms with Crippen LogP contribution >= 0.6 is 11.6 Å². The Morgan fingerprint density at radius 3 is 2.86 bits per heavy atom. The maximum Gasteiger partial charge on any atom is 0.352 e. The second kappa shape index (κ2) is 5.76. The van der Waals surface area contributed by atoms with E-state index in [1.807, 2.05) is 0 Å². The van der Waals surface area contributed by atoms with Gasteiger partial charge in [-0.05, 0) is 6.07 Å². The van der Waals surface area contributed by atoms with E-state index >= 15 is 0 Å². The molecule has 9 heteroatoms. The lowest BCUT2D eigenvalue weighted by atomic mass is 10.3. The molecule has 0 fully saturated rings. The minimum Gasteiger partial charge on any atom is -0.477 e. The van der Waals surface area contributed by atoms with Gasteiger partial charge in [-0.3, -0.25) is 9.36 Å². The van der Waals surface area contributed by atoms with Crippen molar-refractivity contribution in [2.24, 2.45) is 7.05 Å². The molecule has 0 aliphatic carbocycles. The van der Waals surface area contributed by atoms with Gasteiger partial charge in [0.05, 0.1) is 5.02 Å². The summed E-state index contributed by atoms with van der Waals surface area (Å²) in [6.07, 6.45) is 0.880. The van der Waals surface area contributed by atoms with Crippen LogP contribution in [0.15, 0.2) is 27.9 Å². The third-order valence-corrected chi connectivity index (χ3v) is 2.90. The summed E-state index contributed by atoms with van der Waals surface area (Å²) in [6, 6.07) is 3.81. The Morgan fingerprint density at radius 2 is 2.19 bits per heavy atom. The van der Waals surface area contributed by atoms with Crippen LogP contribution in [0.2, 0.25) is 5.02 Å². The topological polar surface area (TPSA) is 89.9 Å². The number of halogens is 2. The smallest absolute Gasteiger partial charge is 0.352 e. The van der Waals surface area contributed by atoms with Crippen LogP contribution in [0.3, 0.4) is 0 Å². The molecule has 21 heavy (non-hydrogen) atoms. The number of hydrogen-bond acceptors (Lipinski definition) is 5. The van der Waals surface area contributed by atoms with E-state index in [2.05, 4.69) is 5.10 Å². The van der Waals surface area contributed by atoms with Crippen LogP contribution in [0.5, 0.6) is 5.75 Å². The molecule has 0 bridgehead atoms. The summed E-state index contributed by atoms with van der Waals surface area (Å²) in [5, 5.41) is 12.0. The van der Waals surface area contributed by atoms with Crippen molar-refractivity contribution in [2.45, 2.75) is 0 Å². The molecule has 0 unspecified atom stereocenters. The van der Waals surface area contributed by atoms with Gasteiger partial charge in [0.15, 0.2) is 12.4 Å². The normalized spacial score (nSPS) is 10.2. The highest BCUT2D eigenvalue weighted by Crippen LogP contribution is 2.28. The van der Waals surface area contributed by atoms with Gasteiger partial charge in [-0.25, -0.2) is 9.18 Å². The SMILES string of the molecule is Cn1c(=O)cnn(-c2cc(OCC#N)c(Cl)cc2F)c1=O. The minimum absolute atomic E-state index is 0.0252. The molecule has 0 aliphatic rings. The highest BCUT2D eigenvalue weighted by atomic mass is 35.5. The zero-order valence-electron chi connectivity index (χ0n) is 10.7. The predicted octanol–water partition coefficient (Wildman–Crippen LogP) is 0.626. The molecule has 0 aliphatic heterocycles. The Morgan fingerprint density at radius 1 is 1.48 bits per heavy atom. The molecule has 1 heterocycles. The number of benzene rings is 1. The molecule has 0 saturated heterocycles. The molecule has 0 saturated carbocycles. The molecular weight excluding hydrogens is 303 g/mol. The number of nitriles is 1. The van der Waals surface area contributed by atoms with Crippen LogP contribution in [0.1, 0.15) is 0 Å². The number of aromatic nitrogens is 3. The van der Waals surface area contributed by atoms with E-state index < -0.39 is 17.1 Å². The summed E-state index contributed by atoms with van der Waals surface area (Å²) in [7, 11) is 1.24. The minimum atomic E-state index is -0.824. The largest absolute Gasteiger partial charge is 0.477 e. The van der Waals surface area contributed by atoms with Crippen molar-refractivity contribution in [1.82, 2.24) is 14.3 Å². The first kappa shape index (κ1) is 14.7. The van der Waals surface area contributed by atoms with E-state index in [1.165, 1.54) is 7.05 Å². The summed E-state index contributed by atoms with van der Waals surface area (Å²) >= 11 is 5.78. The number of ether oxygens (including phenoxy) is 1. The first-order chi connectivity index (χ1) is 9.95. The summed E-state index contributed by atoms with van der Waals surface area (Å²) < 4.78 is 20.5. The fourth-order valence-corrected chi connectivity index (χ4v) is 1.75. The lowest BCUT2D eigenvalue weighted by Crippen LogP contribution is -2.38. The molecule has 0 atom stereocenters. The van der Waals surface area contributed by atoms with Gasteiger partial charge in [-0.1, -0.05) is 11.6 Å². The third-order valence-electron chi connectivity index (χ3n) is 2.60. The van der Waals surface area contributed by atoms with Crippen molar-refractivity contribution in [2.75, 3.05) is 6.61 Å². The van der Waals surface area contributed by atoms with Crippen molar-refractivity contribution in [3.8, 4) is 17.5 Å². The van der Waals surface area contributed by atoms with Crippen molar-refractivity contribution >= 4 is 11.6 Å². The second-order valence-electron chi connectivity index (χ2n) is 3.92. The van der Waals surface area contributed by atoms with E-state index in [-0.39, 0.29) is 23.1 Å². The monoisotopic (exact) mass is 310 g/mol. The first-order valence-corrected chi connectivity index (χ1v) is 5.98. The second-order valence-corrected chi connectivity index (χ2v) is 4.32. The van der Waals surface area contributed by atoms with Crippen molar-refractivity contribution < 1.29 is 9.13 Å². The molecule has 0 N–H and O–H groups in total. The zero-order valence-corrected chi connectivity index (χ0v) is 11.5. The summed E-state index contributed by atoms with van der Waals surface area (Å²) in [4.78, 5) is 23.2. The average Bonchev–Trinajstić information content (AvgIpc) is 2.45. The van der Waals surface area contributed by atoms with Gasteiger partial charge < -0.3 is 4.74 Å². The fraction of sp³-hybridized carbons (Fsp3) is 0.167. The maximum atomic E-state index is 14.0. The van der Waals surface area contributed by atoms with E-state index in [4.69, 9.17) is 21.6 Å². The number of rotatable bonds is 3.